The van der Waals surface area contributed by atoms with Gasteiger partial charge in [0, 0.05) is 10.6 Å². The third-order valence-electron chi connectivity index (χ3n) is 3.56. The van der Waals surface area contributed by atoms with Gasteiger partial charge in [-0.2, -0.15) is 0 Å². The quantitative estimate of drug-likeness (QED) is 0.873. The van der Waals surface area contributed by atoms with Crippen LogP contribution in [0.25, 0.3) is 0 Å². The summed E-state index contributed by atoms with van der Waals surface area (Å²) in [5.41, 5.74) is 3.12. The molecule has 0 spiro atoms. The summed E-state index contributed by atoms with van der Waals surface area (Å²) in [6.45, 7) is 4.31. The normalized spacial score (nSPS) is 16.6. The zero-order valence-corrected chi connectivity index (χ0v) is 13.0. The van der Waals surface area contributed by atoms with Gasteiger partial charge in [-0.3, -0.25) is 4.79 Å². The maximum Gasteiger partial charge on any atom is 0.315 e. The molecule has 0 bridgehead atoms. The van der Waals surface area contributed by atoms with E-state index in [-0.39, 0.29) is 11.9 Å². The van der Waals surface area contributed by atoms with Crippen molar-refractivity contribution in [1.29, 1.82) is 0 Å². The monoisotopic (exact) mass is 302 g/mol. The molecule has 1 aromatic heterocycles. The number of nitrogens with zero attached hydrogens (tertiary/aromatic N) is 1. The lowest BCUT2D eigenvalue weighted by Crippen LogP contribution is -2.14. The minimum atomic E-state index is -0.191. The standard InChI is InChI=1S/C16H18N2O2S/c1-3-20-15(19)12-7-8-13-14(12)18-16(21-13)17-11-6-4-5-10(2)9-11/h4-6,9,12H,3,7-8H2,1-2H3,(H,17,18). The topological polar surface area (TPSA) is 51.2 Å². The summed E-state index contributed by atoms with van der Waals surface area (Å²) in [6.07, 6.45) is 1.73. The molecule has 0 fully saturated rings. The Kier molecular flexibility index (Phi) is 3.92. The highest BCUT2D eigenvalue weighted by atomic mass is 32.1. The van der Waals surface area contributed by atoms with E-state index in [4.69, 9.17) is 4.74 Å². The minimum Gasteiger partial charge on any atom is -0.465 e. The van der Waals surface area contributed by atoms with Crippen molar-refractivity contribution in [2.75, 3.05) is 11.9 Å². The molecule has 5 heteroatoms. The molecular formula is C16H18N2O2S. The Balaban J connectivity index is 1.79. The lowest BCUT2D eigenvalue weighted by Gasteiger charge is -2.08. The van der Waals surface area contributed by atoms with Gasteiger partial charge in [0.1, 0.15) is 5.92 Å². The van der Waals surface area contributed by atoms with Crippen LogP contribution in [0.3, 0.4) is 0 Å². The molecule has 0 radical (unpaired) electrons. The average Bonchev–Trinajstić information content (AvgIpc) is 2.98. The van der Waals surface area contributed by atoms with Crippen molar-refractivity contribution in [3.8, 4) is 0 Å². The third-order valence-corrected chi connectivity index (χ3v) is 4.60. The van der Waals surface area contributed by atoms with Crippen LogP contribution in [0.15, 0.2) is 24.3 Å². The van der Waals surface area contributed by atoms with Crippen molar-refractivity contribution in [3.63, 3.8) is 0 Å². The molecule has 1 aromatic carbocycles. The Bertz CT molecular complexity index is 666. The van der Waals surface area contributed by atoms with Gasteiger partial charge >= 0.3 is 5.97 Å². The van der Waals surface area contributed by atoms with E-state index in [0.29, 0.717) is 6.61 Å². The van der Waals surface area contributed by atoms with Crippen LogP contribution in [-0.4, -0.2) is 17.6 Å². The number of anilines is 2. The van der Waals surface area contributed by atoms with Crippen molar-refractivity contribution in [3.05, 3.63) is 40.4 Å². The fraction of sp³-hybridized carbons (Fsp3) is 0.375. The van der Waals surface area contributed by atoms with Crippen molar-refractivity contribution < 1.29 is 9.53 Å². The molecule has 1 unspecified atom stereocenters. The summed E-state index contributed by atoms with van der Waals surface area (Å²) in [6, 6.07) is 8.17. The SMILES string of the molecule is CCOC(=O)C1CCc2sc(Nc3cccc(C)c3)nc21. The largest absolute Gasteiger partial charge is 0.465 e. The van der Waals surface area contributed by atoms with Crippen molar-refractivity contribution >= 4 is 28.1 Å². The highest BCUT2D eigenvalue weighted by Gasteiger charge is 2.33. The number of nitrogens with one attached hydrogen (secondary N) is 1. The summed E-state index contributed by atoms with van der Waals surface area (Å²) in [5, 5.41) is 4.17. The van der Waals surface area contributed by atoms with Crippen molar-refractivity contribution in [1.82, 2.24) is 4.98 Å². The second-order valence-corrected chi connectivity index (χ2v) is 6.25. The summed E-state index contributed by atoms with van der Waals surface area (Å²) in [7, 11) is 0. The highest BCUT2D eigenvalue weighted by molar-refractivity contribution is 7.15. The van der Waals surface area contributed by atoms with Gasteiger partial charge in [0.15, 0.2) is 5.13 Å². The molecule has 1 heterocycles. The number of carbonyl (C=O) groups is 1. The van der Waals surface area contributed by atoms with Crippen LogP contribution >= 0.6 is 11.3 Å². The number of aromatic nitrogens is 1. The first-order chi connectivity index (χ1) is 10.2. The van der Waals surface area contributed by atoms with Gasteiger partial charge in [-0.15, -0.1) is 11.3 Å². The Morgan fingerprint density at radius 1 is 1.52 bits per heavy atom. The Morgan fingerprint density at radius 2 is 2.38 bits per heavy atom. The highest BCUT2D eigenvalue weighted by Crippen LogP contribution is 2.39. The summed E-state index contributed by atoms with van der Waals surface area (Å²) >= 11 is 1.63. The van der Waals surface area contributed by atoms with E-state index in [1.165, 1.54) is 10.4 Å². The van der Waals surface area contributed by atoms with Gasteiger partial charge in [-0.25, -0.2) is 4.98 Å². The van der Waals surface area contributed by atoms with Gasteiger partial charge in [0.05, 0.1) is 12.3 Å². The number of rotatable bonds is 4. The molecule has 0 amide bonds. The number of carbonyl (C=O) groups excluding carboxylic acids is 1. The summed E-state index contributed by atoms with van der Waals surface area (Å²) in [5.74, 6) is -0.340. The summed E-state index contributed by atoms with van der Waals surface area (Å²) in [4.78, 5) is 17.7. The van der Waals surface area contributed by atoms with Crippen molar-refractivity contribution in [2.24, 2.45) is 0 Å². The zero-order chi connectivity index (χ0) is 14.8. The van der Waals surface area contributed by atoms with E-state index in [0.717, 1.165) is 29.4 Å². The fourth-order valence-corrected chi connectivity index (χ4v) is 3.66. The van der Waals surface area contributed by atoms with Gasteiger partial charge in [-0.1, -0.05) is 12.1 Å². The lowest BCUT2D eigenvalue weighted by molar-refractivity contribution is -0.145. The van der Waals surface area contributed by atoms with E-state index in [2.05, 4.69) is 29.4 Å². The molecule has 0 saturated heterocycles. The average molecular weight is 302 g/mol. The maximum absolute atomic E-state index is 11.9. The van der Waals surface area contributed by atoms with Crippen molar-refractivity contribution in [2.45, 2.75) is 32.6 Å². The Morgan fingerprint density at radius 3 is 3.14 bits per heavy atom. The number of esters is 1. The first kappa shape index (κ1) is 14.1. The second kappa shape index (κ2) is 5.85. The molecule has 110 valence electrons. The predicted octanol–water partition coefficient (Wildman–Crippen LogP) is 3.79. The third kappa shape index (κ3) is 2.93. The van der Waals surface area contributed by atoms with E-state index < -0.39 is 0 Å². The van der Waals surface area contributed by atoms with E-state index in [1.54, 1.807) is 11.3 Å². The number of ether oxygens (including phenoxy) is 1. The van der Waals surface area contributed by atoms with Gasteiger partial charge in [0.2, 0.25) is 0 Å². The second-order valence-electron chi connectivity index (χ2n) is 5.17. The molecule has 3 rings (SSSR count). The number of thiazole rings is 1. The number of fused-ring (bicyclic) bond motifs is 1. The number of hydrogen-bond donors (Lipinski definition) is 1. The predicted molar refractivity (Wildman–Crippen MR) is 84.3 cm³/mol. The first-order valence-electron chi connectivity index (χ1n) is 7.17. The molecule has 1 N–H and O–H groups in total. The molecule has 0 saturated carbocycles. The molecule has 1 atom stereocenters. The van der Waals surface area contributed by atoms with Crippen LogP contribution in [-0.2, 0) is 16.0 Å². The molecule has 1 aliphatic rings. The van der Waals surface area contributed by atoms with Crippen LogP contribution in [0.1, 0.15) is 35.4 Å². The smallest absolute Gasteiger partial charge is 0.315 e. The molecule has 0 aliphatic heterocycles. The molecule has 21 heavy (non-hydrogen) atoms. The van der Waals surface area contributed by atoms with Crippen LogP contribution in [0, 0.1) is 6.92 Å². The Labute approximate surface area is 128 Å². The number of hydrogen-bond acceptors (Lipinski definition) is 5. The molecule has 1 aliphatic carbocycles. The Hall–Kier alpha value is -1.88. The van der Waals surface area contributed by atoms with E-state index >= 15 is 0 Å². The van der Waals surface area contributed by atoms with E-state index in [1.807, 2.05) is 19.1 Å². The van der Waals surface area contributed by atoms with E-state index in [9.17, 15) is 4.79 Å². The van der Waals surface area contributed by atoms with Gasteiger partial charge in [-0.05, 0) is 44.4 Å². The molecule has 4 nitrogen and oxygen atoms in total. The maximum atomic E-state index is 11.9. The fourth-order valence-electron chi connectivity index (χ4n) is 2.60. The van der Waals surface area contributed by atoms with Gasteiger partial charge < -0.3 is 10.1 Å². The lowest BCUT2D eigenvalue weighted by atomic mass is 10.1. The van der Waals surface area contributed by atoms with Crippen LogP contribution < -0.4 is 5.32 Å². The number of aryl methyl sites for hydroxylation is 2. The summed E-state index contributed by atoms with van der Waals surface area (Å²) < 4.78 is 5.13. The van der Waals surface area contributed by atoms with Crippen LogP contribution in [0.4, 0.5) is 10.8 Å². The van der Waals surface area contributed by atoms with Crippen LogP contribution in [0.2, 0.25) is 0 Å². The minimum absolute atomic E-state index is 0.149. The first-order valence-corrected chi connectivity index (χ1v) is 7.99. The van der Waals surface area contributed by atoms with Gasteiger partial charge in [0.25, 0.3) is 0 Å². The molecular weight excluding hydrogens is 284 g/mol. The number of benzene rings is 1. The van der Waals surface area contributed by atoms with Crippen LogP contribution in [0.5, 0.6) is 0 Å². The molecule has 2 aromatic rings. The zero-order valence-electron chi connectivity index (χ0n) is 12.2.